The van der Waals surface area contributed by atoms with Gasteiger partial charge in [0.05, 0.1) is 29.8 Å². The molecule has 0 bridgehead atoms. The van der Waals surface area contributed by atoms with Crippen LogP contribution in [0.4, 0.5) is 0 Å². The molecule has 0 unspecified atom stereocenters. The summed E-state index contributed by atoms with van der Waals surface area (Å²) in [4.78, 5) is 0. The molecule has 0 aliphatic rings. The standard InChI is InChI=1S/C12H3Cl5S/c13-6-1-4-5-2-8(15)10(16)11(17)12(5)18-9(4)3-7(6)14/h1-3H. The molecule has 0 radical (unpaired) electrons. The van der Waals surface area contributed by atoms with Crippen LogP contribution >= 0.6 is 69.3 Å². The molecule has 1 aromatic heterocycles. The van der Waals surface area contributed by atoms with Crippen molar-refractivity contribution < 1.29 is 0 Å². The van der Waals surface area contributed by atoms with E-state index < -0.39 is 0 Å². The topological polar surface area (TPSA) is 0 Å². The SMILES string of the molecule is Clc1cc2sc3c(Cl)c(Cl)c(Cl)cc3c2cc1Cl. The molecule has 18 heavy (non-hydrogen) atoms. The van der Waals surface area contributed by atoms with E-state index in [0.29, 0.717) is 25.1 Å². The highest BCUT2D eigenvalue weighted by Gasteiger charge is 2.15. The zero-order valence-corrected chi connectivity index (χ0v) is 13.1. The average Bonchev–Trinajstić information content (AvgIpc) is 2.66. The molecule has 0 N–H and O–H groups in total. The molecule has 0 aliphatic heterocycles. The molecular formula is C12H3Cl5S. The molecule has 0 aliphatic carbocycles. The lowest BCUT2D eigenvalue weighted by molar-refractivity contribution is 1.82. The van der Waals surface area contributed by atoms with E-state index in [2.05, 4.69) is 0 Å². The van der Waals surface area contributed by atoms with Crippen LogP contribution in [-0.2, 0) is 0 Å². The zero-order valence-electron chi connectivity index (χ0n) is 8.53. The van der Waals surface area contributed by atoms with Gasteiger partial charge in [-0.1, -0.05) is 58.0 Å². The fourth-order valence-electron chi connectivity index (χ4n) is 1.81. The Morgan fingerprint density at radius 2 is 1.28 bits per heavy atom. The molecule has 6 heteroatoms. The number of benzene rings is 2. The number of hydrogen-bond donors (Lipinski definition) is 0. The van der Waals surface area contributed by atoms with Crippen LogP contribution in [0, 0.1) is 0 Å². The Balaban J connectivity index is 2.56. The van der Waals surface area contributed by atoms with Gasteiger partial charge in [0, 0.05) is 15.5 Å². The lowest BCUT2D eigenvalue weighted by Gasteiger charge is -2.00. The maximum atomic E-state index is 6.21. The highest BCUT2D eigenvalue weighted by Crippen LogP contribution is 2.45. The molecule has 92 valence electrons. The van der Waals surface area contributed by atoms with E-state index in [0.717, 1.165) is 20.2 Å². The Morgan fingerprint density at radius 3 is 2.00 bits per heavy atom. The van der Waals surface area contributed by atoms with Crippen LogP contribution in [0.15, 0.2) is 18.2 Å². The zero-order chi connectivity index (χ0) is 13.0. The summed E-state index contributed by atoms with van der Waals surface area (Å²) in [6, 6.07) is 5.44. The quantitative estimate of drug-likeness (QED) is 0.370. The van der Waals surface area contributed by atoms with E-state index in [-0.39, 0.29) is 0 Å². The highest BCUT2D eigenvalue weighted by atomic mass is 35.5. The van der Waals surface area contributed by atoms with Crippen LogP contribution in [-0.4, -0.2) is 0 Å². The molecule has 0 spiro atoms. The Labute approximate surface area is 132 Å². The van der Waals surface area contributed by atoms with Crippen LogP contribution in [0.5, 0.6) is 0 Å². The summed E-state index contributed by atoms with van der Waals surface area (Å²) < 4.78 is 1.89. The lowest BCUT2D eigenvalue weighted by atomic mass is 10.1. The summed E-state index contributed by atoms with van der Waals surface area (Å²) in [5, 5.41) is 4.20. The average molecular weight is 356 g/mol. The lowest BCUT2D eigenvalue weighted by Crippen LogP contribution is -1.74. The molecule has 0 saturated carbocycles. The maximum Gasteiger partial charge on any atom is 0.0793 e. The van der Waals surface area contributed by atoms with Gasteiger partial charge in [-0.15, -0.1) is 11.3 Å². The molecule has 0 nitrogen and oxygen atoms in total. The van der Waals surface area contributed by atoms with Crippen LogP contribution < -0.4 is 0 Å². The van der Waals surface area contributed by atoms with Gasteiger partial charge >= 0.3 is 0 Å². The molecule has 0 fully saturated rings. The highest BCUT2D eigenvalue weighted by molar-refractivity contribution is 7.26. The fraction of sp³-hybridized carbons (Fsp3) is 0. The van der Waals surface area contributed by atoms with Crippen molar-refractivity contribution in [1.82, 2.24) is 0 Å². The van der Waals surface area contributed by atoms with Crippen LogP contribution in [0.3, 0.4) is 0 Å². The van der Waals surface area contributed by atoms with Crippen LogP contribution in [0.2, 0.25) is 25.1 Å². The van der Waals surface area contributed by atoms with Crippen molar-refractivity contribution in [1.29, 1.82) is 0 Å². The van der Waals surface area contributed by atoms with E-state index in [1.54, 1.807) is 6.07 Å². The van der Waals surface area contributed by atoms with E-state index >= 15 is 0 Å². The molecule has 0 atom stereocenters. The minimum absolute atomic E-state index is 0.370. The number of hydrogen-bond acceptors (Lipinski definition) is 1. The monoisotopic (exact) mass is 354 g/mol. The van der Waals surface area contributed by atoms with Gasteiger partial charge in [0.15, 0.2) is 0 Å². The van der Waals surface area contributed by atoms with Gasteiger partial charge in [0.25, 0.3) is 0 Å². The van der Waals surface area contributed by atoms with Crippen LogP contribution in [0.25, 0.3) is 20.2 Å². The van der Waals surface area contributed by atoms with Gasteiger partial charge in [-0.3, -0.25) is 0 Å². The summed E-state index contributed by atoms with van der Waals surface area (Å²) in [7, 11) is 0. The summed E-state index contributed by atoms with van der Waals surface area (Å²) in [6.07, 6.45) is 0. The number of rotatable bonds is 0. The van der Waals surface area contributed by atoms with E-state index in [9.17, 15) is 0 Å². The fourth-order valence-corrected chi connectivity index (χ4v) is 4.13. The normalized spacial score (nSPS) is 11.6. The smallest absolute Gasteiger partial charge is 0.0793 e. The van der Waals surface area contributed by atoms with Crippen molar-refractivity contribution in [3.05, 3.63) is 43.3 Å². The molecular weight excluding hydrogens is 353 g/mol. The molecule has 2 aromatic carbocycles. The van der Waals surface area contributed by atoms with Crippen molar-refractivity contribution in [2.75, 3.05) is 0 Å². The summed E-state index contributed by atoms with van der Waals surface area (Å²) >= 11 is 31.9. The summed E-state index contributed by atoms with van der Waals surface area (Å²) in [5.74, 6) is 0. The van der Waals surface area contributed by atoms with E-state index in [1.165, 1.54) is 11.3 Å². The number of halogens is 5. The first-order chi connectivity index (χ1) is 8.49. The van der Waals surface area contributed by atoms with E-state index in [4.69, 9.17) is 58.0 Å². The first-order valence-corrected chi connectivity index (χ1v) is 7.54. The molecule has 3 aromatic rings. The summed E-state index contributed by atoms with van der Waals surface area (Å²) in [6.45, 7) is 0. The minimum Gasteiger partial charge on any atom is -0.134 e. The third-order valence-corrected chi connectivity index (χ3v) is 5.92. The van der Waals surface area contributed by atoms with Gasteiger partial charge in [0.2, 0.25) is 0 Å². The third-order valence-electron chi connectivity index (χ3n) is 2.64. The first-order valence-electron chi connectivity index (χ1n) is 4.84. The van der Waals surface area contributed by atoms with Gasteiger partial charge in [-0.25, -0.2) is 0 Å². The Hall–Kier alpha value is 0.110. The van der Waals surface area contributed by atoms with Gasteiger partial charge in [-0.2, -0.15) is 0 Å². The Bertz CT molecular complexity index is 790. The second-order valence-electron chi connectivity index (χ2n) is 3.73. The largest absolute Gasteiger partial charge is 0.134 e. The molecule has 0 saturated heterocycles. The molecule has 1 heterocycles. The predicted molar refractivity (Wildman–Crippen MR) is 84.4 cm³/mol. The number of thiophene rings is 1. The molecule has 0 amide bonds. The Kier molecular flexibility index (Phi) is 3.34. The molecule has 3 rings (SSSR count). The van der Waals surface area contributed by atoms with Crippen molar-refractivity contribution in [2.24, 2.45) is 0 Å². The Morgan fingerprint density at radius 1 is 0.667 bits per heavy atom. The number of fused-ring (bicyclic) bond motifs is 3. The van der Waals surface area contributed by atoms with Gasteiger partial charge in [0.1, 0.15) is 0 Å². The maximum absolute atomic E-state index is 6.21. The first kappa shape index (κ1) is 13.1. The van der Waals surface area contributed by atoms with Crippen molar-refractivity contribution in [3.8, 4) is 0 Å². The van der Waals surface area contributed by atoms with Crippen molar-refractivity contribution in [2.45, 2.75) is 0 Å². The van der Waals surface area contributed by atoms with E-state index in [1.807, 2.05) is 12.1 Å². The minimum atomic E-state index is 0.370. The third kappa shape index (κ3) is 1.89. The predicted octanol–water partition coefficient (Wildman–Crippen LogP) is 7.32. The van der Waals surface area contributed by atoms with Crippen molar-refractivity contribution in [3.63, 3.8) is 0 Å². The van der Waals surface area contributed by atoms with Gasteiger partial charge < -0.3 is 0 Å². The summed E-state index contributed by atoms with van der Waals surface area (Å²) in [5.41, 5.74) is 0. The van der Waals surface area contributed by atoms with Gasteiger partial charge in [-0.05, 0) is 18.2 Å². The van der Waals surface area contributed by atoms with Crippen molar-refractivity contribution >= 4 is 89.5 Å². The van der Waals surface area contributed by atoms with Crippen LogP contribution in [0.1, 0.15) is 0 Å². The second kappa shape index (κ2) is 4.59. The second-order valence-corrected chi connectivity index (χ2v) is 6.76.